The molecule has 2 unspecified atom stereocenters. The lowest BCUT2D eigenvalue weighted by Gasteiger charge is -2.17. The van der Waals surface area contributed by atoms with E-state index in [0.717, 1.165) is 11.0 Å². The maximum absolute atomic E-state index is 12.2. The topological polar surface area (TPSA) is 117 Å². The summed E-state index contributed by atoms with van der Waals surface area (Å²) in [5.41, 5.74) is 0.564. The van der Waals surface area contributed by atoms with Gasteiger partial charge in [-0.3, -0.25) is 4.57 Å². The van der Waals surface area contributed by atoms with E-state index < -0.39 is 36.8 Å². The van der Waals surface area contributed by atoms with Gasteiger partial charge in [0.15, 0.2) is 6.23 Å². The van der Waals surface area contributed by atoms with Crippen molar-refractivity contribution in [1.29, 1.82) is 0 Å². The van der Waals surface area contributed by atoms with Crippen molar-refractivity contribution in [1.82, 2.24) is 9.55 Å². The molecule has 134 valence electrons. The molecule has 1 aliphatic rings. The molecule has 0 amide bonds. The lowest BCUT2D eigenvalue weighted by Crippen LogP contribution is -2.36. The predicted octanol–water partition coefficient (Wildman–Crippen LogP) is -0.491. The lowest BCUT2D eigenvalue weighted by molar-refractivity contribution is -0.0549. The highest BCUT2D eigenvalue weighted by Crippen LogP contribution is 2.28. The number of aliphatic hydroxyl groups is 3. The van der Waals surface area contributed by atoms with Gasteiger partial charge in [0.2, 0.25) is 0 Å². The molecule has 8 nitrogen and oxygen atoms in total. The van der Waals surface area contributed by atoms with Crippen LogP contribution in [0.4, 0.5) is 5.82 Å². The smallest absolute Gasteiger partial charge is 0.351 e. The average molecular weight is 347 g/mol. The maximum Gasteiger partial charge on any atom is 0.351 e. The predicted molar refractivity (Wildman–Crippen MR) is 90.1 cm³/mol. The Kier molecular flexibility index (Phi) is 5.44. The Balaban J connectivity index is 1.64. The van der Waals surface area contributed by atoms with Crippen molar-refractivity contribution in [3.63, 3.8) is 0 Å². The maximum atomic E-state index is 12.2. The number of hydrogen-bond donors (Lipinski definition) is 4. The average Bonchev–Trinajstić information content (AvgIpc) is 2.91. The highest BCUT2D eigenvalue weighted by Gasteiger charge is 2.43. The molecule has 3 rings (SSSR count). The zero-order valence-electron chi connectivity index (χ0n) is 13.5. The van der Waals surface area contributed by atoms with Crippen molar-refractivity contribution >= 4 is 5.82 Å². The molecule has 2 heterocycles. The van der Waals surface area contributed by atoms with Gasteiger partial charge in [-0.1, -0.05) is 30.3 Å². The second kappa shape index (κ2) is 7.75. The van der Waals surface area contributed by atoms with Gasteiger partial charge in [0.05, 0.1) is 6.61 Å². The zero-order valence-corrected chi connectivity index (χ0v) is 13.5. The third-order valence-electron chi connectivity index (χ3n) is 4.18. The molecule has 1 aromatic carbocycles. The fourth-order valence-corrected chi connectivity index (χ4v) is 2.79. The van der Waals surface area contributed by atoms with Crippen molar-refractivity contribution in [3.05, 3.63) is 58.6 Å². The third-order valence-corrected chi connectivity index (χ3v) is 4.18. The Morgan fingerprint density at radius 3 is 2.56 bits per heavy atom. The third kappa shape index (κ3) is 3.88. The molecule has 8 heteroatoms. The molecule has 2 aromatic rings. The summed E-state index contributed by atoms with van der Waals surface area (Å²) < 4.78 is 6.44. The van der Waals surface area contributed by atoms with Gasteiger partial charge in [0, 0.05) is 12.7 Å². The van der Waals surface area contributed by atoms with Crippen molar-refractivity contribution < 1.29 is 20.1 Å². The van der Waals surface area contributed by atoms with E-state index >= 15 is 0 Å². The van der Waals surface area contributed by atoms with Gasteiger partial charge in [-0.25, -0.2) is 4.79 Å². The van der Waals surface area contributed by atoms with Crippen LogP contribution in [0.15, 0.2) is 47.4 Å². The minimum absolute atomic E-state index is 0.420. The molecule has 25 heavy (non-hydrogen) atoms. The normalized spacial score (nSPS) is 25.9. The number of rotatable bonds is 6. The number of ether oxygens (including phenoxy) is 1. The van der Waals surface area contributed by atoms with Gasteiger partial charge < -0.3 is 25.4 Å². The van der Waals surface area contributed by atoms with E-state index in [1.807, 2.05) is 30.3 Å². The van der Waals surface area contributed by atoms with Crippen LogP contribution in [0, 0.1) is 0 Å². The first kappa shape index (κ1) is 17.6. The van der Waals surface area contributed by atoms with Crippen LogP contribution in [-0.2, 0) is 11.2 Å². The zero-order chi connectivity index (χ0) is 17.8. The number of nitrogens with zero attached hydrogens (tertiary/aromatic N) is 2. The summed E-state index contributed by atoms with van der Waals surface area (Å²) in [7, 11) is 0. The highest BCUT2D eigenvalue weighted by atomic mass is 16.6. The molecule has 0 aliphatic carbocycles. The summed E-state index contributed by atoms with van der Waals surface area (Å²) in [5, 5.41) is 31.9. The van der Waals surface area contributed by atoms with Crippen molar-refractivity contribution in [3.8, 4) is 0 Å². The van der Waals surface area contributed by atoms with Crippen LogP contribution < -0.4 is 11.0 Å². The molecule has 4 N–H and O–H groups in total. The molecule has 1 fully saturated rings. The molecular formula is C17H21N3O5. The highest BCUT2D eigenvalue weighted by molar-refractivity contribution is 5.32. The van der Waals surface area contributed by atoms with E-state index in [2.05, 4.69) is 10.3 Å². The number of nitrogens with one attached hydrogen (secondary N) is 1. The summed E-state index contributed by atoms with van der Waals surface area (Å²) in [6, 6.07) is 11.5. The van der Waals surface area contributed by atoms with Crippen LogP contribution in [0.3, 0.4) is 0 Å². The number of benzene rings is 1. The molecular weight excluding hydrogens is 326 g/mol. The fraction of sp³-hybridized carbons (Fsp3) is 0.412. The van der Waals surface area contributed by atoms with E-state index in [4.69, 9.17) is 9.84 Å². The summed E-state index contributed by atoms with van der Waals surface area (Å²) in [6.45, 7) is 0.171. The van der Waals surface area contributed by atoms with Crippen LogP contribution in [0.5, 0.6) is 0 Å². The van der Waals surface area contributed by atoms with Gasteiger partial charge in [0.1, 0.15) is 24.1 Å². The first-order chi connectivity index (χ1) is 12.1. The molecule has 0 bridgehead atoms. The summed E-state index contributed by atoms with van der Waals surface area (Å²) in [4.78, 5) is 16.1. The summed E-state index contributed by atoms with van der Waals surface area (Å²) >= 11 is 0. The lowest BCUT2D eigenvalue weighted by atomic mass is 10.1. The molecule has 0 saturated carbocycles. The molecule has 1 aliphatic heterocycles. The summed E-state index contributed by atoms with van der Waals surface area (Å²) in [6.07, 6.45) is -2.35. The summed E-state index contributed by atoms with van der Waals surface area (Å²) in [5.74, 6) is 0.420. The standard InChI is InChI=1S/C17H21N3O5/c21-10-12-14(22)15(23)16(25-12)20-9-7-13(19-17(20)24)18-8-6-11-4-2-1-3-5-11/h1-5,7,9,12,14-16,21-23H,6,8,10H2,(H,18,19,24)/t12-,14?,15?,16-/m1/s1. The fourth-order valence-electron chi connectivity index (χ4n) is 2.79. The van der Waals surface area contributed by atoms with Crippen LogP contribution in [0.2, 0.25) is 0 Å². The molecule has 1 aromatic heterocycles. The second-order valence-corrected chi connectivity index (χ2v) is 5.89. The Morgan fingerprint density at radius 2 is 1.92 bits per heavy atom. The van der Waals surface area contributed by atoms with E-state index in [9.17, 15) is 15.0 Å². The van der Waals surface area contributed by atoms with Gasteiger partial charge >= 0.3 is 5.69 Å². The quantitative estimate of drug-likeness (QED) is 0.557. The van der Waals surface area contributed by atoms with E-state index in [-0.39, 0.29) is 0 Å². The van der Waals surface area contributed by atoms with E-state index in [1.165, 1.54) is 11.8 Å². The number of anilines is 1. The van der Waals surface area contributed by atoms with E-state index in [0.29, 0.717) is 12.4 Å². The van der Waals surface area contributed by atoms with Gasteiger partial charge in [-0.05, 0) is 18.1 Å². The minimum Gasteiger partial charge on any atom is -0.394 e. The Labute approximate surface area is 144 Å². The van der Waals surface area contributed by atoms with Gasteiger partial charge in [0.25, 0.3) is 0 Å². The van der Waals surface area contributed by atoms with Crippen LogP contribution >= 0.6 is 0 Å². The number of aromatic nitrogens is 2. The minimum atomic E-state index is -1.31. The van der Waals surface area contributed by atoms with E-state index in [1.54, 1.807) is 6.07 Å². The monoisotopic (exact) mass is 347 g/mol. The Hall–Kier alpha value is -2.26. The van der Waals surface area contributed by atoms with Gasteiger partial charge in [-0.15, -0.1) is 0 Å². The van der Waals surface area contributed by atoms with Crippen LogP contribution in [-0.4, -0.2) is 56.3 Å². The SMILES string of the molecule is O=c1nc(NCCc2ccccc2)ccn1[C@@H]1O[C@H](CO)C(O)C1O. The van der Waals surface area contributed by atoms with Crippen LogP contribution in [0.1, 0.15) is 11.8 Å². The van der Waals surface area contributed by atoms with Crippen molar-refractivity contribution in [2.45, 2.75) is 31.0 Å². The Bertz CT molecular complexity index is 751. The molecule has 0 radical (unpaired) electrons. The largest absolute Gasteiger partial charge is 0.394 e. The first-order valence-corrected chi connectivity index (χ1v) is 8.09. The van der Waals surface area contributed by atoms with Crippen LogP contribution in [0.25, 0.3) is 0 Å². The molecule has 4 atom stereocenters. The molecule has 1 saturated heterocycles. The number of aliphatic hydroxyl groups excluding tert-OH is 3. The van der Waals surface area contributed by atoms with Crippen molar-refractivity contribution in [2.75, 3.05) is 18.5 Å². The first-order valence-electron chi connectivity index (χ1n) is 8.09. The molecule has 0 spiro atoms. The van der Waals surface area contributed by atoms with Gasteiger partial charge in [-0.2, -0.15) is 4.98 Å². The number of hydrogen-bond acceptors (Lipinski definition) is 7. The Morgan fingerprint density at radius 1 is 1.16 bits per heavy atom. The second-order valence-electron chi connectivity index (χ2n) is 5.89. The van der Waals surface area contributed by atoms with Crippen molar-refractivity contribution in [2.24, 2.45) is 0 Å².